The van der Waals surface area contributed by atoms with E-state index < -0.39 is 23.7 Å². The summed E-state index contributed by atoms with van der Waals surface area (Å²) in [5.74, 6) is -1.81. The lowest BCUT2D eigenvalue weighted by Gasteiger charge is -2.29. The number of aromatic nitrogens is 4. The number of hydrogen-bond donors (Lipinski definition) is 6. The number of nitrogens with one attached hydrogen (secondary N) is 6. The number of methoxy groups -OCH3 is 1. The van der Waals surface area contributed by atoms with Gasteiger partial charge in [-0.15, -0.1) is 0 Å². The van der Waals surface area contributed by atoms with E-state index in [0.717, 1.165) is 42.3 Å². The van der Waals surface area contributed by atoms with E-state index in [4.69, 9.17) is 4.74 Å². The summed E-state index contributed by atoms with van der Waals surface area (Å²) in [6.45, 7) is 0.867. The van der Waals surface area contributed by atoms with Crippen LogP contribution in [-0.4, -0.2) is 105 Å². The van der Waals surface area contributed by atoms with Gasteiger partial charge in [0.25, 0.3) is 17.7 Å². The van der Waals surface area contributed by atoms with Crippen molar-refractivity contribution in [1.29, 1.82) is 0 Å². The maximum absolute atomic E-state index is 14.8. The average molecular weight is 900 g/mol. The number of rotatable bonds is 18. The molecule has 2 aliphatic heterocycles. The molecule has 0 spiro atoms. The van der Waals surface area contributed by atoms with Gasteiger partial charge in [-0.1, -0.05) is 31.4 Å². The first-order chi connectivity index (χ1) is 31.9. The SMILES string of the molecule is CNC(=O)c1c(F)cccc1Nc1nc(Nc2cc3c(ccn3C(=O)CN(C)C(=O)CCCCCCCNc3cccc4c3CN(C3CCC(=O)NC3=O)C4=O)cc2OC)nc2[nH]ccc12. The molecule has 5 heterocycles. The Morgan fingerprint density at radius 3 is 2.53 bits per heavy atom. The van der Waals surface area contributed by atoms with Gasteiger partial charge in [0.15, 0.2) is 0 Å². The normalized spacial score (nSPS) is 14.6. The predicted octanol–water partition coefficient (Wildman–Crippen LogP) is 6.22. The number of unbranched alkanes of at least 4 members (excludes halogenated alkanes) is 4. The zero-order chi connectivity index (χ0) is 46.5. The summed E-state index contributed by atoms with van der Waals surface area (Å²) in [4.78, 5) is 91.9. The van der Waals surface area contributed by atoms with Crippen LogP contribution in [0.5, 0.6) is 5.75 Å². The van der Waals surface area contributed by atoms with Crippen LogP contribution < -0.4 is 31.3 Å². The first-order valence-electron chi connectivity index (χ1n) is 21.8. The summed E-state index contributed by atoms with van der Waals surface area (Å²) >= 11 is 0. The molecule has 5 amide bonds. The Kier molecular flexibility index (Phi) is 13.2. The Balaban J connectivity index is 0.825. The molecule has 1 atom stereocenters. The van der Waals surface area contributed by atoms with Crippen LogP contribution in [0.1, 0.15) is 82.4 Å². The van der Waals surface area contributed by atoms with E-state index in [1.54, 1.807) is 60.7 Å². The summed E-state index contributed by atoms with van der Waals surface area (Å²) < 4.78 is 22.0. The van der Waals surface area contributed by atoms with Gasteiger partial charge in [0.1, 0.15) is 35.6 Å². The smallest absolute Gasteiger partial charge is 0.256 e. The highest BCUT2D eigenvalue weighted by Crippen LogP contribution is 2.35. The van der Waals surface area contributed by atoms with Crippen molar-refractivity contribution >= 4 is 86.2 Å². The Bertz CT molecular complexity index is 2880. The third-order valence-electron chi connectivity index (χ3n) is 11.9. The highest BCUT2D eigenvalue weighted by molar-refractivity contribution is 6.06. The fraction of sp³-hybridized carbons (Fsp3) is 0.319. The second-order valence-corrected chi connectivity index (χ2v) is 16.2. The highest BCUT2D eigenvalue weighted by Gasteiger charge is 2.40. The molecule has 3 aromatic heterocycles. The number of amides is 5. The minimum atomic E-state index is -0.699. The van der Waals surface area contributed by atoms with Crippen LogP contribution in [0.25, 0.3) is 21.9 Å². The summed E-state index contributed by atoms with van der Waals surface area (Å²) in [6, 6.07) is 16.2. The van der Waals surface area contributed by atoms with Crippen molar-refractivity contribution in [3.8, 4) is 5.75 Å². The molecule has 18 nitrogen and oxygen atoms in total. The number of benzene rings is 3. The molecule has 0 saturated carbocycles. The maximum atomic E-state index is 14.8. The number of fused-ring (bicyclic) bond motifs is 3. The number of hydrogen-bond acceptors (Lipinski definition) is 12. The van der Waals surface area contributed by atoms with Gasteiger partial charge in [-0.25, -0.2) is 4.39 Å². The lowest BCUT2D eigenvalue weighted by Crippen LogP contribution is -2.52. The summed E-state index contributed by atoms with van der Waals surface area (Å²) in [5.41, 5.74) is 3.79. The Labute approximate surface area is 378 Å². The van der Waals surface area contributed by atoms with E-state index in [1.165, 1.54) is 35.8 Å². The Hall–Kier alpha value is -7.83. The second kappa shape index (κ2) is 19.5. The Morgan fingerprint density at radius 1 is 0.939 bits per heavy atom. The largest absolute Gasteiger partial charge is 0.495 e. The van der Waals surface area contributed by atoms with Crippen molar-refractivity contribution in [2.45, 2.75) is 64.0 Å². The number of ether oxygens (including phenoxy) is 1. The fourth-order valence-corrected chi connectivity index (χ4v) is 8.43. The highest BCUT2D eigenvalue weighted by atomic mass is 19.1. The van der Waals surface area contributed by atoms with Gasteiger partial charge in [0.05, 0.1) is 35.0 Å². The molecular formula is C47H50FN11O7. The number of anilines is 5. The number of imide groups is 1. The molecule has 1 fully saturated rings. The van der Waals surface area contributed by atoms with Crippen LogP contribution in [0.2, 0.25) is 0 Å². The molecular weight excluding hydrogens is 850 g/mol. The fourth-order valence-electron chi connectivity index (χ4n) is 8.43. The predicted molar refractivity (Wildman–Crippen MR) is 246 cm³/mol. The van der Waals surface area contributed by atoms with E-state index >= 15 is 0 Å². The molecule has 6 aromatic rings. The lowest BCUT2D eigenvalue weighted by molar-refractivity contribution is -0.137. The minimum Gasteiger partial charge on any atom is -0.495 e. The number of carbonyl (C=O) groups excluding carboxylic acids is 6. The topological polar surface area (TPSA) is 225 Å². The molecule has 0 aliphatic carbocycles. The molecule has 1 saturated heterocycles. The second-order valence-electron chi connectivity index (χ2n) is 16.2. The zero-order valence-electron chi connectivity index (χ0n) is 36.8. The number of H-pyrrole nitrogens is 1. The van der Waals surface area contributed by atoms with E-state index in [-0.39, 0.29) is 53.8 Å². The van der Waals surface area contributed by atoms with Gasteiger partial charge in [-0.3, -0.25) is 38.7 Å². The van der Waals surface area contributed by atoms with Gasteiger partial charge < -0.3 is 40.8 Å². The third-order valence-corrected chi connectivity index (χ3v) is 11.9. The molecule has 6 N–H and O–H groups in total. The van der Waals surface area contributed by atoms with Crippen molar-refractivity contribution in [3.63, 3.8) is 0 Å². The molecule has 3 aromatic carbocycles. The average Bonchev–Trinajstić information content (AvgIpc) is 4.04. The van der Waals surface area contributed by atoms with Gasteiger partial charge in [-0.2, -0.15) is 9.97 Å². The monoisotopic (exact) mass is 899 g/mol. The molecule has 19 heteroatoms. The molecule has 0 bridgehead atoms. The third kappa shape index (κ3) is 9.36. The number of aromatic amines is 1. The standard InChI is InChI=1S/C47H50FN11O7/c1-49-45(64)41-31(48)12-10-14-33(41)52-43-29-18-21-51-42(29)55-47(56-43)53-34-24-36-27(23-37(34)66-3)19-22-58(36)40(62)26-57(2)39(61)15-7-5-4-6-8-20-50-32-13-9-11-28-30(32)25-59(46(28)65)35-16-17-38(60)54-44(35)63/h9-14,18-19,21-24,35,50H,4-8,15-17,20,25-26H2,1-3H3,(H,49,64)(H,54,60,63)(H3,51,52,53,55,56). The summed E-state index contributed by atoms with van der Waals surface area (Å²) in [5, 5.41) is 15.8. The van der Waals surface area contributed by atoms with Crippen LogP contribution in [0, 0.1) is 5.82 Å². The van der Waals surface area contributed by atoms with E-state index in [0.29, 0.717) is 71.7 Å². The molecule has 0 radical (unpaired) electrons. The quantitative estimate of drug-likeness (QED) is 0.0418. The van der Waals surface area contributed by atoms with Crippen molar-refractivity contribution in [3.05, 3.63) is 95.6 Å². The van der Waals surface area contributed by atoms with Gasteiger partial charge in [0.2, 0.25) is 23.7 Å². The van der Waals surface area contributed by atoms with Gasteiger partial charge in [-0.05, 0) is 67.8 Å². The van der Waals surface area contributed by atoms with Crippen LogP contribution >= 0.6 is 0 Å². The van der Waals surface area contributed by atoms with Crippen LogP contribution in [0.4, 0.5) is 33.2 Å². The first kappa shape index (κ1) is 44.8. The molecule has 8 rings (SSSR count). The van der Waals surface area contributed by atoms with Gasteiger partial charge >= 0.3 is 0 Å². The number of piperidine rings is 1. The van der Waals surface area contributed by atoms with Crippen molar-refractivity contribution in [2.75, 3.05) is 50.2 Å². The number of carbonyl (C=O) groups is 6. The number of likely N-dealkylation sites (N-methyl/N-ethyl adjacent to an activating group) is 1. The summed E-state index contributed by atoms with van der Waals surface area (Å²) in [6.07, 6.45) is 8.44. The zero-order valence-corrected chi connectivity index (χ0v) is 36.8. The summed E-state index contributed by atoms with van der Waals surface area (Å²) in [7, 11) is 4.55. The lowest BCUT2D eigenvalue weighted by atomic mass is 10.0. The number of halogens is 1. The van der Waals surface area contributed by atoms with Crippen LogP contribution in [-0.2, 0) is 20.9 Å². The van der Waals surface area contributed by atoms with Crippen molar-refractivity contribution in [2.24, 2.45) is 0 Å². The van der Waals surface area contributed by atoms with Crippen molar-refractivity contribution in [1.82, 2.24) is 40.0 Å². The number of nitrogens with zero attached hydrogens (tertiary/aromatic N) is 5. The van der Waals surface area contributed by atoms with E-state index in [9.17, 15) is 33.2 Å². The van der Waals surface area contributed by atoms with Crippen LogP contribution in [0.15, 0.2) is 73.1 Å². The first-order valence-corrected chi connectivity index (χ1v) is 21.8. The van der Waals surface area contributed by atoms with Gasteiger partial charge in [0, 0.05) is 74.6 Å². The Morgan fingerprint density at radius 2 is 1.73 bits per heavy atom. The molecule has 342 valence electrons. The van der Waals surface area contributed by atoms with Crippen LogP contribution in [0.3, 0.4) is 0 Å². The molecule has 1 unspecified atom stereocenters. The van der Waals surface area contributed by atoms with E-state index in [2.05, 4.69) is 41.5 Å². The van der Waals surface area contributed by atoms with E-state index in [1.807, 2.05) is 12.1 Å². The molecule has 66 heavy (non-hydrogen) atoms. The van der Waals surface area contributed by atoms with Crippen molar-refractivity contribution < 1.29 is 37.9 Å². The maximum Gasteiger partial charge on any atom is 0.256 e. The minimum absolute atomic E-state index is 0.133. The molecule has 2 aliphatic rings.